The number of hydrogen-bond donors (Lipinski definition) is 4. The average Bonchev–Trinajstić information content (AvgIpc) is 3.10. The lowest BCUT2D eigenvalue weighted by molar-refractivity contribution is 0.580. The van der Waals surface area contributed by atoms with Crippen LogP contribution in [0.4, 0.5) is 0 Å². The van der Waals surface area contributed by atoms with Crippen LogP contribution >= 0.6 is 0 Å². The molecular weight excluding hydrogens is 224 g/mol. The van der Waals surface area contributed by atoms with Gasteiger partial charge in [-0.05, 0) is 0 Å². The lowest BCUT2D eigenvalue weighted by Gasteiger charge is -2.22. The van der Waals surface area contributed by atoms with Gasteiger partial charge in [0.05, 0.1) is 11.9 Å². The van der Waals surface area contributed by atoms with Crippen LogP contribution in [0.5, 0.6) is 0 Å². The fourth-order valence-corrected chi connectivity index (χ4v) is 1.58. The Morgan fingerprint density at radius 3 is 2.06 bits per heavy atom. The fourth-order valence-electron chi connectivity index (χ4n) is 1.58. The SMILES string of the molecule is NC(c1c[nH]nn1)(c1c[nH]nn1)c1cnn[nH]1. The predicted octanol–water partition coefficient (Wildman–Crippen LogP) is -1.71. The summed E-state index contributed by atoms with van der Waals surface area (Å²) in [5, 5.41) is 30.4. The molecule has 0 fully saturated rings. The van der Waals surface area contributed by atoms with Gasteiger partial charge in [0.2, 0.25) is 0 Å². The average molecular weight is 232 g/mol. The summed E-state index contributed by atoms with van der Waals surface area (Å²) >= 11 is 0. The third-order valence-electron chi connectivity index (χ3n) is 2.48. The van der Waals surface area contributed by atoms with Crippen molar-refractivity contribution in [3.05, 3.63) is 35.7 Å². The first-order valence-electron chi connectivity index (χ1n) is 4.71. The van der Waals surface area contributed by atoms with Gasteiger partial charge in [-0.3, -0.25) is 15.3 Å². The van der Waals surface area contributed by atoms with E-state index >= 15 is 0 Å². The molecule has 3 rings (SSSR count). The third kappa shape index (κ3) is 1.31. The maximum atomic E-state index is 6.34. The number of aromatic amines is 3. The Bertz CT molecular complexity index is 480. The van der Waals surface area contributed by atoms with E-state index in [0.29, 0.717) is 17.1 Å². The van der Waals surface area contributed by atoms with E-state index in [4.69, 9.17) is 5.73 Å². The van der Waals surface area contributed by atoms with Crippen LogP contribution < -0.4 is 5.73 Å². The zero-order valence-electron chi connectivity index (χ0n) is 8.49. The van der Waals surface area contributed by atoms with Crippen LogP contribution in [0.25, 0.3) is 0 Å². The van der Waals surface area contributed by atoms with Crippen molar-refractivity contribution in [3.63, 3.8) is 0 Å². The Labute approximate surface area is 94.0 Å². The lowest BCUT2D eigenvalue weighted by atomic mass is 9.90. The zero-order valence-corrected chi connectivity index (χ0v) is 8.49. The zero-order chi connectivity index (χ0) is 11.7. The molecule has 0 aliphatic rings. The largest absolute Gasteiger partial charge is 0.310 e. The first-order valence-corrected chi connectivity index (χ1v) is 4.71. The Morgan fingerprint density at radius 2 is 1.65 bits per heavy atom. The summed E-state index contributed by atoms with van der Waals surface area (Å²) in [6.07, 6.45) is 4.66. The number of nitrogens with two attached hydrogens (primary N) is 1. The number of hydrogen-bond acceptors (Lipinski definition) is 7. The molecule has 86 valence electrons. The molecule has 0 saturated heterocycles. The van der Waals surface area contributed by atoms with Crippen LogP contribution in [0, 0.1) is 0 Å². The van der Waals surface area contributed by atoms with Gasteiger partial charge in [0.1, 0.15) is 11.4 Å². The van der Waals surface area contributed by atoms with Crippen LogP contribution in [0.1, 0.15) is 17.1 Å². The first kappa shape index (κ1) is 9.59. The molecule has 0 amide bonds. The number of rotatable bonds is 3. The van der Waals surface area contributed by atoms with Gasteiger partial charge in [0, 0.05) is 12.4 Å². The Morgan fingerprint density at radius 1 is 1.00 bits per heavy atom. The van der Waals surface area contributed by atoms with E-state index in [1.54, 1.807) is 12.4 Å². The molecule has 3 aromatic heterocycles. The van der Waals surface area contributed by atoms with Crippen molar-refractivity contribution in [2.24, 2.45) is 5.73 Å². The van der Waals surface area contributed by atoms with Crippen LogP contribution in [-0.2, 0) is 5.54 Å². The number of aromatic nitrogens is 9. The highest BCUT2D eigenvalue weighted by molar-refractivity contribution is 5.36. The second-order valence-electron chi connectivity index (χ2n) is 3.40. The molecule has 0 saturated carbocycles. The molecule has 0 aromatic carbocycles. The summed E-state index contributed by atoms with van der Waals surface area (Å²) in [6.45, 7) is 0. The minimum absolute atomic E-state index is 0.484. The van der Waals surface area contributed by atoms with Crippen molar-refractivity contribution in [1.82, 2.24) is 46.2 Å². The highest BCUT2D eigenvalue weighted by atomic mass is 15.4. The molecule has 3 heterocycles. The first-order chi connectivity index (χ1) is 8.32. The summed E-state index contributed by atoms with van der Waals surface area (Å²) in [5.41, 5.74) is 6.73. The summed E-state index contributed by atoms with van der Waals surface area (Å²) in [6, 6.07) is 0. The summed E-state index contributed by atoms with van der Waals surface area (Å²) in [7, 11) is 0. The van der Waals surface area contributed by atoms with E-state index in [0.717, 1.165) is 0 Å². The molecule has 0 bridgehead atoms. The van der Waals surface area contributed by atoms with Crippen molar-refractivity contribution in [1.29, 1.82) is 0 Å². The molecule has 0 spiro atoms. The van der Waals surface area contributed by atoms with Gasteiger partial charge in [-0.1, -0.05) is 15.6 Å². The number of nitrogens with zero attached hydrogens (tertiary/aromatic N) is 6. The number of nitrogens with one attached hydrogen (secondary N) is 3. The van der Waals surface area contributed by atoms with Gasteiger partial charge in [-0.25, -0.2) is 0 Å². The highest BCUT2D eigenvalue weighted by Gasteiger charge is 2.39. The van der Waals surface area contributed by atoms with E-state index < -0.39 is 5.54 Å². The maximum absolute atomic E-state index is 6.34. The molecule has 0 aliphatic carbocycles. The second-order valence-corrected chi connectivity index (χ2v) is 3.40. The maximum Gasteiger partial charge on any atom is 0.152 e. The van der Waals surface area contributed by atoms with E-state index in [9.17, 15) is 0 Å². The molecule has 5 N–H and O–H groups in total. The normalized spacial score (nSPS) is 11.8. The van der Waals surface area contributed by atoms with Crippen molar-refractivity contribution in [2.75, 3.05) is 0 Å². The van der Waals surface area contributed by atoms with Crippen molar-refractivity contribution in [2.45, 2.75) is 5.54 Å². The van der Waals surface area contributed by atoms with Crippen molar-refractivity contribution in [3.8, 4) is 0 Å². The number of H-pyrrole nitrogens is 3. The van der Waals surface area contributed by atoms with Crippen molar-refractivity contribution >= 4 is 0 Å². The smallest absolute Gasteiger partial charge is 0.152 e. The highest BCUT2D eigenvalue weighted by Crippen LogP contribution is 2.28. The summed E-state index contributed by atoms with van der Waals surface area (Å²) in [4.78, 5) is 0. The predicted molar refractivity (Wildman–Crippen MR) is 53.2 cm³/mol. The van der Waals surface area contributed by atoms with Crippen LogP contribution in [-0.4, -0.2) is 46.2 Å². The summed E-state index contributed by atoms with van der Waals surface area (Å²) < 4.78 is 0. The molecule has 0 unspecified atom stereocenters. The van der Waals surface area contributed by atoms with Crippen molar-refractivity contribution < 1.29 is 0 Å². The van der Waals surface area contributed by atoms with Gasteiger partial charge in [-0.2, -0.15) is 0 Å². The van der Waals surface area contributed by atoms with Crippen LogP contribution in [0.15, 0.2) is 18.6 Å². The summed E-state index contributed by atoms with van der Waals surface area (Å²) in [5.74, 6) is 0. The van der Waals surface area contributed by atoms with E-state index in [1.807, 2.05) is 0 Å². The fraction of sp³-hybridized carbons (Fsp3) is 0.143. The van der Waals surface area contributed by atoms with Gasteiger partial charge in [0.25, 0.3) is 0 Å². The third-order valence-corrected chi connectivity index (χ3v) is 2.48. The second kappa shape index (κ2) is 3.45. The van der Waals surface area contributed by atoms with E-state index in [2.05, 4.69) is 46.2 Å². The quantitative estimate of drug-likeness (QED) is 0.419. The molecule has 10 heteroatoms. The lowest BCUT2D eigenvalue weighted by Crippen LogP contribution is -2.40. The van der Waals surface area contributed by atoms with Gasteiger partial charge >= 0.3 is 0 Å². The van der Waals surface area contributed by atoms with Gasteiger partial charge < -0.3 is 5.73 Å². The molecule has 17 heavy (non-hydrogen) atoms. The minimum Gasteiger partial charge on any atom is -0.310 e. The molecule has 0 atom stereocenters. The Hall–Kier alpha value is -2.62. The van der Waals surface area contributed by atoms with Gasteiger partial charge in [0.15, 0.2) is 5.54 Å². The topological polar surface area (TPSA) is 151 Å². The van der Waals surface area contributed by atoms with Gasteiger partial charge in [-0.15, -0.1) is 15.3 Å². The van der Waals surface area contributed by atoms with Crippen LogP contribution in [0.3, 0.4) is 0 Å². The molecule has 0 aliphatic heterocycles. The minimum atomic E-state index is -1.12. The Balaban J connectivity index is 2.21. The monoisotopic (exact) mass is 232 g/mol. The molecule has 10 nitrogen and oxygen atoms in total. The molecular formula is C7H8N10. The molecule has 3 aromatic rings. The Kier molecular flexibility index (Phi) is 1.95. The van der Waals surface area contributed by atoms with Crippen LogP contribution in [0.2, 0.25) is 0 Å². The molecule has 0 radical (unpaired) electrons. The van der Waals surface area contributed by atoms with E-state index in [-0.39, 0.29) is 0 Å². The van der Waals surface area contributed by atoms with E-state index in [1.165, 1.54) is 6.20 Å². The standard InChI is InChI=1S/C7H8N10/c8-7(4-1-9-15-12-4,5-2-10-16-13-5)6-3-11-17-14-6/h1-3H,8H2,(H,9,12,15)(H,10,13,16)(H,11,14,17).